The zero-order valence-electron chi connectivity index (χ0n) is 9.34. The van der Waals surface area contributed by atoms with Gasteiger partial charge >= 0.3 is 5.97 Å². The molecule has 0 amide bonds. The van der Waals surface area contributed by atoms with Gasteiger partial charge in [0, 0.05) is 8.80 Å². The van der Waals surface area contributed by atoms with Crippen LogP contribution in [0.25, 0.3) is 0 Å². The number of hydrogen-bond donors (Lipinski definition) is 0. The lowest BCUT2D eigenvalue weighted by Gasteiger charge is -2.20. The van der Waals surface area contributed by atoms with Crippen LogP contribution in [0.2, 0.25) is 19.1 Å². The highest BCUT2D eigenvalue weighted by molar-refractivity contribution is 6.55. The third-order valence-electron chi connectivity index (χ3n) is 2.78. The van der Waals surface area contributed by atoms with Crippen LogP contribution in [0.1, 0.15) is 32.1 Å². The van der Waals surface area contributed by atoms with Crippen molar-refractivity contribution >= 4 is 14.8 Å². The normalized spacial score (nSPS) is 18.5. The van der Waals surface area contributed by atoms with Crippen molar-refractivity contribution in [2.24, 2.45) is 5.92 Å². The molecule has 1 saturated carbocycles. The average molecular weight is 213 g/mol. The molecule has 81 valence electrons. The molecular weight excluding hydrogens is 192 g/mol. The van der Waals surface area contributed by atoms with Gasteiger partial charge in [-0.3, -0.25) is 4.79 Å². The van der Waals surface area contributed by atoms with Gasteiger partial charge < -0.3 is 4.74 Å². The molecule has 1 fully saturated rings. The first-order valence-electron chi connectivity index (χ1n) is 5.66. The Kier molecular flexibility index (Phi) is 5.23. The first kappa shape index (κ1) is 11.8. The minimum absolute atomic E-state index is 0.0629. The van der Waals surface area contributed by atoms with Crippen molar-refractivity contribution in [1.82, 2.24) is 0 Å². The summed E-state index contributed by atoms with van der Waals surface area (Å²) in [5.74, 6) is 0.279. The maximum absolute atomic E-state index is 11.6. The number of ether oxygens (including phenoxy) is 1. The fraction of sp³-hybridized carbons (Fsp3) is 0.909. The summed E-state index contributed by atoms with van der Waals surface area (Å²) in [6.45, 7) is 5.15. The molecule has 0 aromatic heterocycles. The Balaban J connectivity index is 2.13. The van der Waals surface area contributed by atoms with Gasteiger partial charge in [-0.1, -0.05) is 32.4 Å². The number of carbonyl (C=O) groups is 1. The van der Waals surface area contributed by atoms with Crippen molar-refractivity contribution in [3.05, 3.63) is 0 Å². The summed E-state index contributed by atoms with van der Waals surface area (Å²) >= 11 is 0. The van der Waals surface area contributed by atoms with Gasteiger partial charge in [0.05, 0.1) is 12.5 Å². The summed E-state index contributed by atoms with van der Waals surface area (Å²) in [6.07, 6.45) is 5.80. The lowest BCUT2D eigenvalue weighted by Crippen LogP contribution is -2.21. The zero-order valence-corrected chi connectivity index (χ0v) is 10.3. The summed E-state index contributed by atoms with van der Waals surface area (Å²) < 4.78 is 5.28. The van der Waals surface area contributed by atoms with Crippen LogP contribution < -0.4 is 0 Å². The molecule has 1 aliphatic rings. The van der Waals surface area contributed by atoms with Crippen molar-refractivity contribution < 1.29 is 9.53 Å². The molecule has 0 aromatic rings. The third kappa shape index (κ3) is 4.27. The van der Waals surface area contributed by atoms with E-state index in [0.29, 0.717) is 6.61 Å². The van der Waals surface area contributed by atoms with E-state index in [0.717, 1.165) is 18.9 Å². The fourth-order valence-electron chi connectivity index (χ4n) is 1.81. The van der Waals surface area contributed by atoms with Gasteiger partial charge in [0.2, 0.25) is 0 Å². The van der Waals surface area contributed by atoms with Crippen molar-refractivity contribution in [2.45, 2.75) is 51.2 Å². The third-order valence-corrected chi connectivity index (χ3v) is 3.99. The quantitative estimate of drug-likeness (QED) is 0.530. The number of esters is 1. The van der Waals surface area contributed by atoms with E-state index < -0.39 is 0 Å². The molecule has 0 aliphatic heterocycles. The molecule has 0 spiro atoms. The first-order chi connectivity index (χ1) is 6.70. The minimum Gasteiger partial charge on any atom is -0.466 e. The average Bonchev–Trinajstić information content (AvgIpc) is 2.18. The maximum atomic E-state index is 11.6. The van der Waals surface area contributed by atoms with Gasteiger partial charge in [0.25, 0.3) is 0 Å². The van der Waals surface area contributed by atoms with Crippen molar-refractivity contribution in [3.8, 4) is 0 Å². The van der Waals surface area contributed by atoms with Gasteiger partial charge in [0.15, 0.2) is 0 Å². The summed E-state index contributed by atoms with van der Waals surface area (Å²) in [5, 5.41) is 0. The van der Waals surface area contributed by atoms with Gasteiger partial charge in [-0.25, -0.2) is 0 Å². The Morgan fingerprint density at radius 3 is 2.50 bits per heavy atom. The number of rotatable bonds is 4. The Morgan fingerprint density at radius 1 is 1.29 bits per heavy atom. The predicted octanol–water partition coefficient (Wildman–Crippen LogP) is 2.86. The highest BCUT2D eigenvalue weighted by Gasteiger charge is 2.22. The van der Waals surface area contributed by atoms with Gasteiger partial charge in [-0.05, 0) is 18.9 Å². The molecule has 0 aromatic carbocycles. The van der Waals surface area contributed by atoms with Gasteiger partial charge in [-0.2, -0.15) is 0 Å². The Morgan fingerprint density at radius 2 is 1.93 bits per heavy atom. The van der Waals surface area contributed by atoms with E-state index in [-0.39, 0.29) is 20.7 Å². The van der Waals surface area contributed by atoms with E-state index in [4.69, 9.17) is 4.74 Å². The minimum atomic E-state index is -0.237. The summed E-state index contributed by atoms with van der Waals surface area (Å²) in [5.41, 5.74) is 0. The van der Waals surface area contributed by atoms with E-state index in [1.807, 2.05) is 0 Å². The zero-order chi connectivity index (χ0) is 10.4. The molecule has 3 heteroatoms. The van der Waals surface area contributed by atoms with Crippen LogP contribution in [0.5, 0.6) is 0 Å². The van der Waals surface area contributed by atoms with Crippen molar-refractivity contribution in [2.75, 3.05) is 6.61 Å². The van der Waals surface area contributed by atoms with E-state index in [9.17, 15) is 4.79 Å². The second kappa shape index (κ2) is 6.22. The monoisotopic (exact) mass is 213 g/mol. The largest absolute Gasteiger partial charge is 0.466 e. The Bertz CT molecular complexity index is 174. The summed E-state index contributed by atoms with van der Waals surface area (Å²) in [7, 11) is -0.237. The Labute approximate surface area is 88.6 Å². The van der Waals surface area contributed by atoms with E-state index in [1.165, 1.54) is 19.3 Å². The smallest absolute Gasteiger partial charge is 0.308 e. The fourth-order valence-corrected chi connectivity index (χ4v) is 2.32. The summed E-state index contributed by atoms with van der Waals surface area (Å²) in [6, 6.07) is 1.09. The molecule has 1 rings (SSSR count). The van der Waals surface area contributed by atoms with Crippen LogP contribution in [0.15, 0.2) is 0 Å². The molecule has 1 radical (unpaired) electrons. The van der Waals surface area contributed by atoms with Crippen LogP contribution in [-0.4, -0.2) is 21.4 Å². The lowest BCUT2D eigenvalue weighted by molar-refractivity contribution is -0.149. The van der Waals surface area contributed by atoms with Gasteiger partial charge in [0.1, 0.15) is 0 Å². The maximum Gasteiger partial charge on any atom is 0.308 e. The van der Waals surface area contributed by atoms with Crippen molar-refractivity contribution in [1.29, 1.82) is 0 Å². The topological polar surface area (TPSA) is 26.3 Å². The molecule has 0 heterocycles. The molecule has 0 saturated heterocycles. The molecule has 2 nitrogen and oxygen atoms in total. The molecule has 0 bridgehead atoms. The highest BCUT2D eigenvalue weighted by Crippen LogP contribution is 2.24. The van der Waals surface area contributed by atoms with Crippen LogP contribution in [0, 0.1) is 5.92 Å². The van der Waals surface area contributed by atoms with E-state index >= 15 is 0 Å². The lowest BCUT2D eigenvalue weighted by atomic mass is 9.89. The second-order valence-corrected chi connectivity index (χ2v) is 7.37. The Hall–Kier alpha value is -0.313. The predicted molar refractivity (Wildman–Crippen MR) is 59.8 cm³/mol. The standard InChI is InChI=1S/C11H21O2Si/c1-14(2)9-8-13-11(12)10-6-4-3-5-7-10/h10H,3-9H2,1-2H3. The molecule has 0 N–H and O–H groups in total. The molecule has 0 unspecified atom stereocenters. The number of carbonyl (C=O) groups excluding carboxylic acids is 1. The molecule has 14 heavy (non-hydrogen) atoms. The first-order valence-corrected chi connectivity index (χ1v) is 8.36. The van der Waals surface area contributed by atoms with Crippen molar-refractivity contribution in [3.63, 3.8) is 0 Å². The molecule has 1 aliphatic carbocycles. The van der Waals surface area contributed by atoms with Crippen LogP contribution in [-0.2, 0) is 9.53 Å². The van der Waals surface area contributed by atoms with Gasteiger partial charge in [-0.15, -0.1) is 0 Å². The SMILES string of the molecule is C[Si](C)CCOC(=O)C1CCCCC1. The summed E-state index contributed by atoms with van der Waals surface area (Å²) in [4.78, 5) is 11.6. The van der Waals surface area contributed by atoms with Crippen LogP contribution >= 0.6 is 0 Å². The van der Waals surface area contributed by atoms with E-state index in [1.54, 1.807) is 0 Å². The second-order valence-electron chi connectivity index (χ2n) is 4.46. The highest BCUT2D eigenvalue weighted by atomic mass is 28.3. The van der Waals surface area contributed by atoms with Crippen LogP contribution in [0.4, 0.5) is 0 Å². The van der Waals surface area contributed by atoms with E-state index in [2.05, 4.69) is 13.1 Å². The van der Waals surface area contributed by atoms with Crippen LogP contribution in [0.3, 0.4) is 0 Å². The molecular formula is C11H21O2Si. The molecule has 0 atom stereocenters. The number of hydrogen-bond acceptors (Lipinski definition) is 2.